The number of halogens is 1. The fourth-order valence-electron chi connectivity index (χ4n) is 0.944. The van der Waals surface area contributed by atoms with Crippen molar-refractivity contribution in [1.29, 1.82) is 0 Å². The Morgan fingerprint density at radius 2 is 2.07 bits per heavy atom. The van der Waals surface area contributed by atoms with Gasteiger partial charge >= 0.3 is 0 Å². The summed E-state index contributed by atoms with van der Waals surface area (Å²) >= 11 is 5.79. The van der Waals surface area contributed by atoms with E-state index in [1.807, 2.05) is 7.05 Å². The van der Waals surface area contributed by atoms with Crippen molar-refractivity contribution in [2.24, 2.45) is 0 Å². The first-order chi connectivity index (χ1) is 6.92. The highest BCUT2D eigenvalue weighted by Gasteiger charge is 2.01. The van der Waals surface area contributed by atoms with Gasteiger partial charge in [0.05, 0.1) is 11.3 Å². The van der Waals surface area contributed by atoms with Crippen LogP contribution in [0.3, 0.4) is 0 Å². The van der Waals surface area contributed by atoms with Gasteiger partial charge in [0, 0.05) is 13.2 Å². The number of nitrogens with one attached hydrogen (secondary N) is 1. The molecule has 0 saturated heterocycles. The second kappa shape index (κ2) is 4.78. The molecule has 0 bridgehead atoms. The van der Waals surface area contributed by atoms with E-state index in [1.165, 1.54) is 0 Å². The van der Waals surface area contributed by atoms with Crippen molar-refractivity contribution in [3.8, 4) is 11.2 Å². The molecule has 0 aliphatic rings. The molecule has 0 fully saturated rings. The smallest absolute Gasteiger partial charge is 0.131 e. The minimum atomic E-state index is -0.807. The Hall–Kier alpha value is -0.850. The summed E-state index contributed by atoms with van der Waals surface area (Å²) in [6.07, 6.45) is 8.17. The summed E-state index contributed by atoms with van der Waals surface area (Å²) in [5.41, 5.74) is 1.82. The molecule has 15 heavy (non-hydrogen) atoms. The van der Waals surface area contributed by atoms with E-state index < -0.39 is 10.0 Å². The molecule has 1 aromatic heterocycles. The van der Waals surface area contributed by atoms with Crippen molar-refractivity contribution in [3.05, 3.63) is 23.0 Å². The molecule has 0 aromatic carbocycles. The third-order valence-corrected chi connectivity index (χ3v) is 2.55. The lowest BCUT2D eigenvalue weighted by Crippen LogP contribution is -1.94. The van der Waals surface area contributed by atoms with E-state index in [0.717, 1.165) is 11.3 Å². The zero-order valence-corrected chi connectivity index (χ0v) is 11.0. The molecule has 1 aromatic rings. The lowest BCUT2D eigenvalue weighted by Gasteiger charge is -2.15. The van der Waals surface area contributed by atoms with E-state index in [9.17, 15) is 0 Å². The molecule has 0 saturated carbocycles. The Balaban J connectivity index is 3.08. The average molecular weight is 243 g/mol. The number of anilines is 1. The summed E-state index contributed by atoms with van der Waals surface area (Å²) < 4.78 is 0. The molecule has 0 radical (unpaired) electrons. The normalized spacial score (nSPS) is 11.5. The molecule has 0 atom stereocenters. The molecule has 0 unspecified atom stereocenters. The van der Waals surface area contributed by atoms with Gasteiger partial charge in [-0.2, -0.15) is 10.0 Å². The standard InChI is InChI=1S/C11H15ClN2S/c1-13-10-7-11(12)14-8-9(10)5-6-15(2,3)4/h7-8H,1-4H3,(H,13,14). The lowest BCUT2D eigenvalue weighted by molar-refractivity contribution is 1.30. The van der Waals surface area contributed by atoms with Gasteiger partial charge in [-0.1, -0.05) is 17.5 Å². The van der Waals surface area contributed by atoms with Gasteiger partial charge in [-0.05, 0) is 30.1 Å². The summed E-state index contributed by atoms with van der Waals surface area (Å²) in [4.78, 5) is 4.02. The van der Waals surface area contributed by atoms with Gasteiger partial charge in [0.15, 0.2) is 0 Å². The molecule has 1 heterocycles. The molecule has 0 amide bonds. The highest BCUT2D eigenvalue weighted by Crippen LogP contribution is 2.32. The molecular formula is C11H15ClN2S. The zero-order valence-electron chi connectivity index (χ0n) is 9.39. The van der Waals surface area contributed by atoms with E-state index in [-0.39, 0.29) is 0 Å². The van der Waals surface area contributed by atoms with Crippen LogP contribution in [0.25, 0.3) is 0 Å². The molecule has 4 heteroatoms. The van der Waals surface area contributed by atoms with E-state index in [4.69, 9.17) is 11.6 Å². The number of aromatic nitrogens is 1. The molecule has 0 spiro atoms. The van der Waals surface area contributed by atoms with Crippen LogP contribution in [-0.4, -0.2) is 30.8 Å². The van der Waals surface area contributed by atoms with Gasteiger partial charge in [-0.3, -0.25) is 0 Å². The van der Waals surface area contributed by atoms with Crippen LogP contribution in [0, 0.1) is 11.2 Å². The van der Waals surface area contributed by atoms with Gasteiger partial charge in [0.25, 0.3) is 0 Å². The quantitative estimate of drug-likeness (QED) is 0.605. The van der Waals surface area contributed by atoms with E-state index in [1.54, 1.807) is 12.3 Å². The van der Waals surface area contributed by atoms with Crippen molar-refractivity contribution >= 4 is 27.3 Å². The number of hydrogen-bond donors (Lipinski definition) is 1. The Bertz CT molecular complexity index is 413. The van der Waals surface area contributed by atoms with Crippen molar-refractivity contribution in [2.45, 2.75) is 0 Å². The average Bonchev–Trinajstić information content (AvgIpc) is 2.14. The highest BCUT2D eigenvalue weighted by molar-refractivity contribution is 8.35. The van der Waals surface area contributed by atoms with Crippen LogP contribution >= 0.6 is 21.6 Å². The fourth-order valence-corrected chi connectivity index (χ4v) is 1.52. The van der Waals surface area contributed by atoms with Crippen molar-refractivity contribution in [1.82, 2.24) is 4.98 Å². The highest BCUT2D eigenvalue weighted by atomic mass is 35.5. The predicted octanol–water partition coefficient (Wildman–Crippen LogP) is 2.78. The van der Waals surface area contributed by atoms with Crippen LogP contribution in [0.15, 0.2) is 12.3 Å². The largest absolute Gasteiger partial charge is 0.387 e. The third-order valence-electron chi connectivity index (χ3n) is 1.63. The maximum absolute atomic E-state index is 5.79. The number of pyridine rings is 1. The fraction of sp³-hybridized carbons (Fsp3) is 0.364. The third kappa shape index (κ3) is 4.03. The summed E-state index contributed by atoms with van der Waals surface area (Å²) in [6, 6.07) is 1.78. The minimum absolute atomic E-state index is 0.480. The van der Waals surface area contributed by atoms with Crippen LogP contribution in [0.2, 0.25) is 5.15 Å². The molecule has 1 rings (SSSR count). The lowest BCUT2D eigenvalue weighted by atomic mass is 10.2. The second-order valence-corrected chi connectivity index (χ2v) is 8.13. The number of hydrogen-bond acceptors (Lipinski definition) is 2. The summed E-state index contributed by atoms with van der Waals surface area (Å²) in [6.45, 7) is 0. The van der Waals surface area contributed by atoms with Crippen molar-refractivity contribution < 1.29 is 0 Å². The topological polar surface area (TPSA) is 24.9 Å². The second-order valence-electron chi connectivity index (χ2n) is 3.87. The Kier molecular flexibility index (Phi) is 3.90. The Morgan fingerprint density at radius 1 is 1.40 bits per heavy atom. The molecule has 82 valence electrons. The molecule has 1 N–H and O–H groups in total. The van der Waals surface area contributed by atoms with Crippen LogP contribution in [-0.2, 0) is 0 Å². The minimum Gasteiger partial charge on any atom is -0.387 e. The van der Waals surface area contributed by atoms with Gasteiger partial charge in [-0.25, -0.2) is 4.98 Å². The van der Waals surface area contributed by atoms with Crippen LogP contribution in [0.1, 0.15) is 5.56 Å². The Labute approximate surface area is 97.8 Å². The maximum atomic E-state index is 5.79. The zero-order chi connectivity index (χ0) is 11.5. The van der Waals surface area contributed by atoms with Crippen LogP contribution in [0.4, 0.5) is 5.69 Å². The van der Waals surface area contributed by atoms with Gasteiger partial charge in [0.1, 0.15) is 5.15 Å². The maximum Gasteiger partial charge on any atom is 0.131 e. The van der Waals surface area contributed by atoms with E-state index in [2.05, 4.69) is 40.2 Å². The van der Waals surface area contributed by atoms with Gasteiger partial charge < -0.3 is 5.32 Å². The number of nitrogens with zero attached hydrogens (tertiary/aromatic N) is 1. The first-order valence-corrected chi connectivity index (χ1v) is 7.70. The van der Waals surface area contributed by atoms with E-state index in [0.29, 0.717) is 5.15 Å². The van der Waals surface area contributed by atoms with Crippen molar-refractivity contribution in [2.75, 3.05) is 31.1 Å². The SMILES string of the molecule is CNc1cc(Cl)ncc1C#CS(C)(C)C. The number of rotatable bonds is 1. The molecule has 2 nitrogen and oxygen atoms in total. The monoisotopic (exact) mass is 242 g/mol. The van der Waals surface area contributed by atoms with Crippen LogP contribution < -0.4 is 5.32 Å². The predicted molar refractivity (Wildman–Crippen MR) is 71.0 cm³/mol. The Morgan fingerprint density at radius 3 is 2.60 bits per heavy atom. The van der Waals surface area contributed by atoms with Crippen molar-refractivity contribution in [3.63, 3.8) is 0 Å². The molecule has 0 aliphatic heterocycles. The molecular weight excluding hydrogens is 228 g/mol. The van der Waals surface area contributed by atoms with Crippen LogP contribution in [0.5, 0.6) is 0 Å². The first-order valence-electron chi connectivity index (χ1n) is 4.47. The first kappa shape index (κ1) is 12.2. The van der Waals surface area contributed by atoms with Gasteiger partial charge in [0.2, 0.25) is 0 Å². The molecule has 0 aliphatic carbocycles. The van der Waals surface area contributed by atoms with E-state index >= 15 is 0 Å². The van der Waals surface area contributed by atoms with Gasteiger partial charge in [-0.15, -0.1) is 0 Å². The summed E-state index contributed by atoms with van der Waals surface area (Å²) in [7, 11) is 1.04. The summed E-state index contributed by atoms with van der Waals surface area (Å²) in [5.74, 6) is 3.13. The summed E-state index contributed by atoms with van der Waals surface area (Å²) in [5, 5.41) is 6.78.